The fourth-order valence-electron chi connectivity index (χ4n) is 2.37. The number of nitriles is 1. The van der Waals surface area contributed by atoms with Crippen LogP contribution in [0.5, 0.6) is 0 Å². The van der Waals surface area contributed by atoms with Crippen molar-refractivity contribution in [1.29, 1.82) is 5.26 Å². The SMILES string of the molecule is N#CCNC(=O)C(CCS(=O)(=O)c1ccccc1)NC(=O)c1ccccc1. The molecule has 0 aliphatic carbocycles. The third-order valence-electron chi connectivity index (χ3n) is 3.78. The summed E-state index contributed by atoms with van der Waals surface area (Å²) in [5, 5.41) is 13.5. The molecule has 0 heterocycles. The zero-order chi connectivity index (χ0) is 19.7. The minimum atomic E-state index is -3.61. The molecule has 27 heavy (non-hydrogen) atoms. The molecular formula is C19H19N3O4S. The summed E-state index contributed by atoms with van der Waals surface area (Å²) in [5.74, 6) is -1.43. The zero-order valence-electron chi connectivity index (χ0n) is 14.5. The number of hydrogen-bond acceptors (Lipinski definition) is 5. The molecule has 0 spiro atoms. The zero-order valence-corrected chi connectivity index (χ0v) is 15.3. The van der Waals surface area contributed by atoms with E-state index in [1.165, 1.54) is 12.1 Å². The van der Waals surface area contributed by atoms with Crippen LogP contribution in [0.4, 0.5) is 0 Å². The maximum Gasteiger partial charge on any atom is 0.251 e. The Morgan fingerprint density at radius 2 is 1.59 bits per heavy atom. The Labute approximate surface area is 157 Å². The molecule has 2 N–H and O–H groups in total. The molecule has 2 aromatic rings. The van der Waals surface area contributed by atoms with Gasteiger partial charge in [-0.1, -0.05) is 36.4 Å². The molecule has 8 heteroatoms. The van der Waals surface area contributed by atoms with Crippen LogP contribution in [0.2, 0.25) is 0 Å². The Bertz CT molecular complexity index is 922. The maximum absolute atomic E-state index is 12.4. The number of benzene rings is 2. The molecule has 0 aromatic heterocycles. The van der Waals surface area contributed by atoms with Crippen LogP contribution < -0.4 is 10.6 Å². The van der Waals surface area contributed by atoms with Gasteiger partial charge >= 0.3 is 0 Å². The van der Waals surface area contributed by atoms with Crippen LogP contribution in [0.25, 0.3) is 0 Å². The van der Waals surface area contributed by atoms with Crippen molar-refractivity contribution in [1.82, 2.24) is 10.6 Å². The molecule has 0 aliphatic heterocycles. The van der Waals surface area contributed by atoms with Crippen LogP contribution in [-0.2, 0) is 14.6 Å². The molecule has 7 nitrogen and oxygen atoms in total. The molecule has 2 rings (SSSR count). The molecular weight excluding hydrogens is 366 g/mol. The number of rotatable bonds is 8. The van der Waals surface area contributed by atoms with E-state index in [1.54, 1.807) is 54.6 Å². The smallest absolute Gasteiger partial charge is 0.251 e. The highest BCUT2D eigenvalue weighted by molar-refractivity contribution is 7.91. The molecule has 2 amide bonds. The van der Waals surface area contributed by atoms with Gasteiger partial charge in [-0.25, -0.2) is 8.42 Å². The van der Waals surface area contributed by atoms with Gasteiger partial charge < -0.3 is 10.6 Å². The largest absolute Gasteiger partial charge is 0.341 e. The average Bonchev–Trinajstić information content (AvgIpc) is 2.70. The van der Waals surface area contributed by atoms with Gasteiger partial charge in [-0.3, -0.25) is 9.59 Å². The Morgan fingerprint density at radius 1 is 1.00 bits per heavy atom. The Hall–Kier alpha value is -3.18. The third-order valence-corrected chi connectivity index (χ3v) is 5.54. The van der Waals surface area contributed by atoms with Gasteiger partial charge in [0.15, 0.2) is 9.84 Å². The Balaban J connectivity index is 2.11. The molecule has 0 radical (unpaired) electrons. The summed E-state index contributed by atoms with van der Waals surface area (Å²) in [6, 6.07) is 16.9. The van der Waals surface area contributed by atoms with Gasteiger partial charge in [-0.15, -0.1) is 0 Å². The number of carbonyl (C=O) groups is 2. The summed E-state index contributed by atoms with van der Waals surface area (Å²) >= 11 is 0. The minimum Gasteiger partial charge on any atom is -0.341 e. The third kappa shape index (κ3) is 5.94. The van der Waals surface area contributed by atoms with E-state index in [2.05, 4.69) is 10.6 Å². The Morgan fingerprint density at radius 3 is 2.19 bits per heavy atom. The minimum absolute atomic E-state index is 0.118. The van der Waals surface area contributed by atoms with Gasteiger partial charge in [-0.05, 0) is 30.7 Å². The van der Waals surface area contributed by atoms with Crippen LogP contribution in [0, 0.1) is 11.3 Å². The number of nitrogens with one attached hydrogen (secondary N) is 2. The van der Waals surface area contributed by atoms with Gasteiger partial charge in [0.1, 0.15) is 12.6 Å². The molecule has 140 valence electrons. The quantitative estimate of drug-likeness (QED) is 0.664. The van der Waals surface area contributed by atoms with Gasteiger partial charge in [0.25, 0.3) is 5.91 Å². The highest BCUT2D eigenvalue weighted by atomic mass is 32.2. The monoisotopic (exact) mass is 385 g/mol. The van der Waals surface area contributed by atoms with Crippen molar-refractivity contribution in [2.24, 2.45) is 0 Å². The van der Waals surface area contributed by atoms with E-state index in [0.29, 0.717) is 5.56 Å². The van der Waals surface area contributed by atoms with Crippen LogP contribution in [0.1, 0.15) is 16.8 Å². The van der Waals surface area contributed by atoms with E-state index in [4.69, 9.17) is 5.26 Å². The first-order valence-electron chi connectivity index (χ1n) is 8.22. The van der Waals surface area contributed by atoms with Crippen molar-refractivity contribution in [2.75, 3.05) is 12.3 Å². The molecule has 0 fully saturated rings. The lowest BCUT2D eigenvalue weighted by Crippen LogP contribution is -2.47. The molecule has 1 atom stereocenters. The maximum atomic E-state index is 12.4. The summed E-state index contributed by atoms with van der Waals surface area (Å²) in [4.78, 5) is 24.7. The summed E-state index contributed by atoms with van der Waals surface area (Å²) in [6.45, 7) is -0.234. The van der Waals surface area contributed by atoms with Crippen molar-refractivity contribution >= 4 is 21.7 Å². The van der Waals surface area contributed by atoms with Crippen molar-refractivity contribution in [3.8, 4) is 6.07 Å². The molecule has 0 saturated heterocycles. The lowest BCUT2D eigenvalue weighted by atomic mass is 10.1. The van der Waals surface area contributed by atoms with Gasteiger partial charge in [0.2, 0.25) is 5.91 Å². The fraction of sp³-hybridized carbons (Fsp3) is 0.211. The van der Waals surface area contributed by atoms with Gasteiger partial charge in [-0.2, -0.15) is 5.26 Å². The number of carbonyl (C=O) groups excluding carboxylic acids is 2. The van der Waals surface area contributed by atoms with E-state index in [1.807, 2.05) is 0 Å². The van der Waals surface area contributed by atoms with E-state index < -0.39 is 27.7 Å². The molecule has 2 aromatic carbocycles. The van der Waals surface area contributed by atoms with Gasteiger partial charge in [0, 0.05) is 5.56 Å². The normalized spacial score (nSPS) is 11.8. The van der Waals surface area contributed by atoms with Crippen molar-refractivity contribution in [3.05, 3.63) is 66.2 Å². The number of sulfone groups is 1. The number of hydrogen-bond donors (Lipinski definition) is 2. The average molecular weight is 385 g/mol. The molecule has 0 bridgehead atoms. The second-order valence-corrected chi connectivity index (χ2v) is 7.80. The first kappa shape index (κ1) is 20.1. The molecule has 1 unspecified atom stereocenters. The van der Waals surface area contributed by atoms with Crippen molar-refractivity contribution in [3.63, 3.8) is 0 Å². The number of amides is 2. The van der Waals surface area contributed by atoms with Crippen molar-refractivity contribution < 1.29 is 18.0 Å². The topological polar surface area (TPSA) is 116 Å². The van der Waals surface area contributed by atoms with Crippen LogP contribution >= 0.6 is 0 Å². The van der Waals surface area contributed by atoms with E-state index in [-0.39, 0.29) is 23.6 Å². The number of nitrogens with zero attached hydrogens (tertiary/aromatic N) is 1. The van der Waals surface area contributed by atoms with Crippen molar-refractivity contribution in [2.45, 2.75) is 17.4 Å². The molecule has 0 saturated carbocycles. The van der Waals surface area contributed by atoms with E-state index in [0.717, 1.165) is 0 Å². The predicted molar refractivity (Wildman–Crippen MR) is 99.4 cm³/mol. The first-order chi connectivity index (χ1) is 12.9. The summed E-state index contributed by atoms with van der Waals surface area (Å²) in [7, 11) is -3.61. The second-order valence-electron chi connectivity index (χ2n) is 5.69. The van der Waals surface area contributed by atoms with Crippen LogP contribution in [0.3, 0.4) is 0 Å². The lowest BCUT2D eigenvalue weighted by Gasteiger charge is -2.18. The van der Waals surface area contributed by atoms with Crippen LogP contribution in [0.15, 0.2) is 65.6 Å². The Kier molecular flexibility index (Phi) is 7.08. The summed E-state index contributed by atoms with van der Waals surface area (Å²) in [6.07, 6.45) is -0.118. The summed E-state index contributed by atoms with van der Waals surface area (Å²) < 4.78 is 24.9. The van der Waals surface area contributed by atoms with E-state index >= 15 is 0 Å². The standard InChI is InChI=1S/C19H19N3O4S/c20-12-13-21-19(24)17(22-18(23)15-7-3-1-4-8-15)11-14-27(25,26)16-9-5-2-6-10-16/h1-10,17H,11,13-14H2,(H,21,24)(H,22,23). The highest BCUT2D eigenvalue weighted by Gasteiger charge is 2.24. The van der Waals surface area contributed by atoms with Crippen LogP contribution in [-0.4, -0.2) is 38.6 Å². The summed E-state index contributed by atoms with van der Waals surface area (Å²) in [5.41, 5.74) is 0.349. The first-order valence-corrected chi connectivity index (χ1v) is 9.87. The van der Waals surface area contributed by atoms with E-state index in [9.17, 15) is 18.0 Å². The van der Waals surface area contributed by atoms with Gasteiger partial charge in [0.05, 0.1) is 16.7 Å². The predicted octanol–water partition coefficient (Wildman–Crippen LogP) is 1.29. The lowest BCUT2D eigenvalue weighted by molar-refractivity contribution is -0.122. The second kappa shape index (κ2) is 9.50. The molecule has 0 aliphatic rings. The fourth-order valence-corrected chi connectivity index (χ4v) is 3.72. The highest BCUT2D eigenvalue weighted by Crippen LogP contribution is 2.12.